The smallest absolute Gasteiger partial charge is 0.408 e. The van der Waals surface area contributed by atoms with E-state index in [0.717, 1.165) is 48.8 Å². The van der Waals surface area contributed by atoms with Crippen molar-refractivity contribution in [2.75, 3.05) is 13.2 Å². The lowest BCUT2D eigenvalue weighted by Gasteiger charge is -2.44. The zero-order chi connectivity index (χ0) is 25.5. The van der Waals surface area contributed by atoms with Gasteiger partial charge in [-0.2, -0.15) is 0 Å². The van der Waals surface area contributed by atoms with Crippen molar-refractivity contribution in [2.24, 2.45) is 0 Å². The average molecular weight is 476 g/mol. The van der Waals surface area contributed by atoms with Gasteiger partial charge in [0, 0.05) is 12.6 Å². The molecule has 1 aromatic rings. The first kappa shape index (κ1) is 27.6. The van der Waals surface area contributed by atoms with Gasteiger partial charge in [-0.3, -0.25) is 9.59 Å². The number of rotatable bonds is 10. The van der Waals surface area contributed by atoms with Gasteiger partial charge >= 0.3 is 6.09 Å². The number of hydrogen-bond acceptors (Lipinski definition) is 5. The summed E-state index contributed by atoms with van der Waals surface area (Å²) in [4.78, 5) is 41.3. The molecule has 0 radical (unpaired) electrons. The number of nitrogens with one attached hydrogen (secondary N) is 2. The highest BCUT2D eigenvalue weighted by Crippen LogP contribution is 2.36. The third-order valence-corrected chi connectivity index (χ3v) is 6.07. The van der Waals surface area contributed by atoms with Crippen molar-refractivity contribution < 1.29 is 24.2 Å². The van der Waals surface area contributed by atoms with E-state index >= 15 is 0 Å². The normalized spacial score (nSPS) is 15.6. The Bertz CT molecular complexity index is 840. The molecule has 1 aliphatic carbocycles. The molecule has 1 aliphatic rings. The van der Waals surface area contributed by atoms with E-state index in [1.165, 1.54) is 0 Å². The topological polar surface area (TPSA) is 108 Å². The van der Waals surface area contributed by atoms with Gasteiger partial charge in [0.05, 0.1) is 6.61 Å². The number of carbonyl (C=O) groups is 3. The molecule has 0 saturated heterocycles. The number of hydrogen-bond donors (Lipinski definition) is 3. The maximum atomic E-state index is 13.8. The number of nitrogens with zero attached hydrogens (tertiary/aromatic N) is 1. The number of aliphatic hydroxyl groups excluding tert-OH is 1. The molecule has 1 saturated carbocycles. The number of aryl methyl sites for hydroxylation is 2. The molecule has 2 atom stereocenters. The van der Waals surface area contributed by atoms with Crippen molar-refractivity contribution >= 4 is 17.9 Å². The van der Waals surface area contributed by atoms with Crippen molar-refractivity contribution in [2.45, 2.75) is 97.4 Å². The summed E-state index contributed by atoms with van der Waals surface area (Å²) < 4.78 is 5.29. The summed E-state index contributed by atoms with van der Waals surface area (Å²) in [6, 6.07) is 3.57. The number of carbonyl (C=O) groups excluding carboxylic acids is 3. The van der Waals surface area contributed by atoms with Gasteiger partial charge in [-0.15, -0.1) is 0 Å². The Morgan fingerprint density at radius 1 is 1.18 bits per heavy atom. The summed E-state index contributed by atoms with van der Waals surface area (Å²) >= 11 is 0. The van der Waals surface area contributed by atoms with E-state index in [0.29, 0.717) is 6.54 Å². The van der Waals surface area contributed by atoms with Crippen molar-refractivity contribution in [3.05, 3.63) is 34.9 Å². The first-order chi connectivity index (χ1) is 16.0. The third kappa shape index (κ3) is 7.19. The molecule has 0 aliphatic heterocycles. The van der Waals surface area contributed by atoms with Gasteiger partial charge in [-0.1, -0.05) is 31.5 Å². The van der Waals surface area contributed by atoms with Crippen LogP contribution in [-0.4, -0.2) is 58.8 Å². The highest BCUT2D eigenvalue weighted by molar-refractivity contribution is 5.93. The van der Waals surface area contributed by atoms with Crippen molar-refractivity contribution in [3.8, 4) is 0 Å². The summed E-state index contributed by atoms with van der Waals surface area (Å²) in [6.07, 6.45) is 3.47. The predicted molar refractivity (Wildman–Crippen MR) is 131 cm³/mol. The summed E-state index contributed by atoms with van der Waals surface area (Å²) in [7, 11) is 0. The van der Waals surface area contributed by atoms with Gasteiger partial charge in [0.25, 0.3) is 0 Å². The molecular formula is C26H41N3O5. The van der Waals surface area contributed by atoms with Crippen LogP contribution >= 0.6 is 0 Å². The van der Waals surface area contributed by atoms with Crippen LogP contribution in [0.25, 0.3) is 0 Å². The largest absolute Gasteiger partial charge is 0.444 e. The second-order valence-electron chi connectivity index (χ2n) is 10.1. The average Bonchev–Trinajstić information content (AvgIpc) is 2.70. The van der Waals surface area contributed by atoms with Crippen molar-refractivity contribution in [1.29, 1.82) is 0 Å². The van der Waals surface area contributed by atoms with Crippen LogP contribution in [0.15, 0.2) is 18.2 Å². The molecule has 1 fully saturated rings. The Balaban J connectivity index is 2.45. The van der Waals surface area contributed by atoms with E-state index in [-0.39, 0.29) is 11.9 Å². The Morgan fingerprint density at radius 2 is 1.79 bits per heavy atom. The van der Waals surface area contributed by atoms with E-state index in [1.807, 2.05) is 39.0 Å². The highest BCUT2D eigenvalue weighted by atomic mass is 16.6. The first-order valence-corrected chi connectivity index (χ1v) is 12.3. The van der Waals surface area contributed by atoms with Crippen molar-refractivity contribution in [3.63, 3.8) is 0 Å². The van der Waals surface area contributed by atoms with Gasteiger partial charge in [0.2, 0.25) is 11.8 Å². The second kappa shape index (κ2) is 12.2. The fraction of sp³-hybridized carbons (Fsp3) is 0.654. The molecule has 0 bridgehead atoms. The number of amides is 3. The number of alkyl carbamates (subject to hydrolysis) is 1. The molecule has 2 rings (SSSR count). The van der Waals surface area contributed by atoms with Crippen LogP contribution in [0.5, 0.6) is 0 Å². The van der Waals surface area contributed by atoms with Crippen LogP contribution in [0, 0.1) is 13.8 Å². The van der Waals surface area contributed by atoms with Gasteiger partial charge in [-0.05, 0) is 77.0 Å². The van der Waals surface area contributed by atoms with Crippen LogP contribution in [0.3, 0.4) is 0 Å². The Labute approximate surface area is 203 Å². The monoisotopic (exact) mass is 475 g/mol. The minimum atomic E-state index is -1.22. The summed E-state index contributed by atoms with van der Waals surface area (Å²) in [6.45, 7) is 11.0. The lowest BCUT2D eigenvalue weighted by Crippen LogP contribution is -2.58. The van der Waals surface area contributed by atoms with Crippen LogP contribution in [0.2, 0.25) is 0 Å². The number of unbranched alkanes of at least 4 members (excludes halogenated alkanes) is 1. The van der Waals surface area contributed by atoms with E-state index < -0.39 is 36.3 Å². The first-order valence-electron chi connectivity index (χ1n) is 12.3. The number of ether oxygens (including phenoxy) is 1. The molecule has 8 nitrogen and oxygen atoms in total. The van der Waals surface area contributed by atoms with Crippen LogP contribution in [-0.2, 0) is 14.3 Å². The van der Waals surface area contributed by atoms with Gasteiger partial charge in [0.1, 0.15) is 17.7 Å². The summed E-state index contributed by atoms with van der Waals surface area (Å²) in [5, 5.41) is 15.5. The molecule has 190 valence electrons. The number of aliphatic hydroxyl groups is 1. The summed E-state index contributed by atoms with van der Waals surface area (Å²) in [5.74, 6) is -0.739. The lowest BCUT2D eigenvalue weighted by molar-refractivity contribution is -0.148. The molecule has 0 aromatic heterocycles. The molecule has 3 amide bonds. The molecule has 34 heavy (non-hydrogen) atoms. The van der Waals surface area contributed by atoms with Crippen LogP contribution in [0.1, 0.15) is 82.5 Å². The van der Waals surface area contributed by atoms with Crippen LogP contribution < -0.4 is 10.6 Å². The van der Waals surface area contributed by atoms with E-state index in [2.05, 4.69) is 10.6 Å². The standard InChI is InChI=1S/C26H41N3O5/c1-7-8-15-27-23(31)22(21-17(2)11-9-12-18(21)3)29(19-13-10-14-19)24(32)20(16-30)28-25(33)34-26(4,5)6/h9,11-12,19-20,22,30H,7-8,10,13-16H2,1-6H3,(H,27,31)(H,28,33). The molecule has 0 heterocycles. The SMILES string of the molecule is CCCCNC(=O)C(c1c(C)cccc1C)N(C(=O)C(CO)NC(=O)OC(C)(C)C)C1CCC1. The minimum Gasteiger partial charge on any atom is -0.444 e. The third-order valence-electron chi connectivity index (χ3n) is 6.07. The van der Waals surface area contributed by atoms with E-state index in [9.17, 15) is 19.5 Å². The Kier molecular flexibility index (Phi) is 9.91. The van der Waals surface area contributed by atoms with Gasteiger partial charge in [0.15, 0.2) is 0 Å². The fourth-order valence-corrected chi connectivity index (χ4v) is 4.14. The van der Waals surface area contributed by atoms with Gasteiger partial charge < -0.3 is 25.4 Å². The van der Waals surface area contributed by atoms with Crippen molar-refractivity contribution in [1.82, 2.24) is 15.5 Å². The van der Waals surface area contributed by atoms with Gasteiger partial charge in [-0.25, -0.2) is 4.79 Å². The molecule has 0 spiro atoms. The Hall–Kier alpha value is -2.61. The van der Waals surface area contributed by atoms with E-state index in [1.54, 1.807) is 25.7 Å². The van der Waals surface area contributed by atoms with Crippen LogP contribution in [0.4, 0.5) is 4.79 Å². The maximum Gasteiger partial charge on any atom is 0.408 e. The van der Waals surface area contributed by atoms with E-state index in [4.69, 9.17) is 4.74 Å². The molecular weight excluding hydrogens is 434 g/mol. The molecule has 1 aromatic carbocycles. The molecule has 8 heteroatoms. The zero-order valence-corrected chi connectivity index (χ0v) is 21.4. The quantitative estimate of drug-likeness (QED) is 0.449. The molecule has 2 unspecified atom stereocenters. The number of benzene rings is 1. The minimum absolute atomic E-state index is 0.150. The second-order valence-corrected chi connectivity index (χ2v) is 10.1. The lowest BCUT2D eigenvalue weighted by atomic mass is 9.86. The zero-order valence-electron chi connectivity index (χ0n) is 21.4. The molecule has 3 N–H and O–H groups in total. The predicted octanol–water partition coefficient (Wildman–Crippen LogP) is 3.53. The maximum absolute atomic E-state index is 13.8. The fourth-order valence-electron chi connectivity index (χ4n) is 4.14. The Morgan fingerprint density at radius 3 is 2.26 bits per heavy atom. The summed E-state index contributed by atoms with van der Waals surface area (Å²) in [5.41, 5.74) is 1.85. The highest BCUT2D eigenvalue weighted by Gasteiger charge is 2.42.